The molecule has 0 atom stereocenters. The van der Waals surface area contributed by atoms with Gasteiger partial charge >= 0.3 is 0 Å². The van der Waals surface area contributed by atoms with Gasteiger partial charge in [-0.1, -0.05) is 37.0 Å². The van der Waals surface area contributed by atoms with Crippen molar-refractivity contribution < 1.29 is 0 Å². The van der Waals surface area contributed by atoms with Crippen LogP contribution in [0, 0.1) is 0 Å². The van der Waals surface area contributed by atoms with Crippen molar-refractivity contribution in [1.82, 2.24) is 4.98 Å². The lowest BCUT2D eigenvalue weighted by atomic mass is 10.2. The summed E-state index contributed by atoms with van der Waals surface area (Å²) in [6.07, 6.45) is 13.0. The maximum atomic E-state index is 4.35. The third-order valence-electron chi connectivity index (χ3n) is 2.07. The fourth-order valence-corrected chi connectivity index (χ4v) is 1.36. The van der Waals surface area contributed by atoms with Crippen LogP contribution in [0.5, 0.6) is 0 Å². The Hall–Kier alpha value is -1.63. The third kappa shape index (κ3) is 1.59. The summed E-state index contributed by atoms with van der Waals surface area (Å²) in [5, 5.41) is 2.24. The highest BCUT2D eigenvalue weighted by molar-refractivity contribution is 5.49. The zero-order valence-electron chi connectivity index (χ0n) is 7.40. The molecule has 1 nitrogen and oxygen atoms in total. The molecule has 0 spiro atoms. The van der Waals surface area contributed by atoms with Crippen molar-refractivity contribution in [2.45, 2.75) is 6.42 Å². The van der Waals surface area contributed by atoms with Gasteiger partial charge in [-0.15, -0.1) is 0 Å². The van der Waals surface area contributed by atoms with E-state index in [-0.39, 0.29) is 0 Å². The van der Waals surface area contributed by atoms with Crippen molar-refractivity contribution in [2.24, 2.45) is 0 Å². The van der Waals surface area contributed by atoms with Crippen LogP contribution in [0.3, 0.4) is 0 Å². The van der Waals surface area contributed by atoms with Crippen LogP contribution >= 0.6 is 0 Å². The topological polar surface area (TPSA) is 12.9 Å². The Morgan fingerprint density at radius 3 is 3.23 bits per heavy atom. The van der Waals surface area contributed by atoms with Crippen LogP contribution in [0.1, 0.15) is 12.0 Å². The zero-order chi connectivity index (χ0) is 9.10. The molecule has 1 aromatic rings. The molecule has 1 heteroatoms. The van der Waals surface area contributed by atoms with Gasteiger partial charge in [-0.05, 0) is 18.1 Å². The van der Waals surface area contributed by atoms with E-state index in [4.69, 9.17) is 0 Å². The summed E-state index contributed by atoms with van der Waals surface area (Å²) in [5.74, 6) is 0. The molecular weight excluding hydrogens is 158 g/mol. The van der Waals surface area contributed by atoms with Gasteiger partial charge in [-0.2, -0.15) is 0 Å². The van der Waals surface area contributed by atoms with Crippen molar-refractivity contribution in [3.05, 3.63) is 47.1 Å². The lowest BCUT2D eigenvalue weighted by molar-refractivity contribution is 1.20. The summed E-state index contributed by atoms with van der Waals surface area (Å²) in [5.41, 5.74) is 1.07. The number of hydrogen-bond acceptors (Lipinski definition) is 1. The molecule has 0 fully saturated rings. The summed E-state index contributed by atoms with van der Waals surface area (Å²) >= 11 is 0. The Morgan fingerprint density at radius 1 is 1.46 bits per heavy atom. The molecular formula is C12H11N. The SMILES string of the molecule is C=Cc1cnc2c(c1)=CC=CCC=2. The van der Waals surface area contributed by atoms with Gasteiger partial charge in [0.15, 0.2) is 0 Å². The number of rotatable bonds is 1. The van der Waals surface area contributed by atoms with Gasteiger partial charge in [0.1, 0.15) is 0 Å². The molecule has 1 heterocycles. The Labute approximate surface area is 77.4 Å². The minimum atomic E-state index is 0.962. The van der Waals surface area contributed by atoms with Crippen molar-refractivity contribution in [1.29, 1.82) is 0 Å². The Morgan fingerprint density at radius 2 is 2.38 bits per heavy atom. The first-order chi connectivity index (χ1) is 6.40. The van der Waals surface area contributed by atoms with Crippen LogP contribution in [0.15, 0.2) is 31.0 Å². The van der Waals surface area contributed by atoms with Gasteiger partial charge in [0.05, 0.1) is 5.35 Å². The molecule has 0 aliphatic heterocycles. The number of hydrogen-bond donors (Lipinski definition) is 0. The average molecular weight is 169 g/mol. The smallest absolute Gasteiger partial charge is 0.0665 e. The summed E-state index contributed by atoms with van der Waals surface area (Å²) in [6.45, 7) is 3.72. The van der Waals surface area contributed by atoms with Crippen molar-refractivity contribution in [3.63, 3.8) is 0 Å². The van der Waals surface area contributed by atoms with E-state index in [2.05, 4.69) is 41.9 Å². The largest absolute Gasteiger partial charge is 0.256 e. The summed E-state index contributed by atoms with van der Waals surface area (Å²) < 4.78 is 0. The lowest BCUT2D eigenvalue weighted by Crippen LogP contribution is -2.27. The first kappa shape index (κ1) is 7.99. The predicted octanol–water partition coefficient (Wildman–Crippen LogP) is 1.25. The average Bonchev–Trinajstić information content (AvgIpc) is 2.41. The summed E-state index contributed by atoms with van der Waals surface area (Å²) in [4.78, 5) is 4.35. The molecule has 0 aromatic carbocycles. The van der Waals surface area contributed by atoms with Crippen LogP contribution < -0.4 is 10.6 Å². The molecule has 0 bridgehead atoms. The molecule has 0 amide bonds. The normalized spacial score (nSPS) is 13.5. The van der Waals surface area contributed by atoms with Crippen molar-refractivity contribution in [3.8, 4) is 0 Å². The molecule has 13 heavy (non-hydrogen) atoms. The number of nitrogens with zero attached hydrogens (tertiary/aromatic N) is 1. The Kier molecular flexibility index (Phi) is 2.09. The third-order valence-corrected chi connectivity index (χ3v) is 2.07. The van der Waals surface area contributed by atoms with Crippen molar-refractivity contribution >= 4 is 18.2 Å². The monoisotopic (exact) mass is 169 g/mol. The molecule has 1 aromatic heterocycles. The van der Waals surface area contributed by atoms with E-state index in [9.17, 15) is 0 Å². The summed E-state index contributed by atoms with van der Waals surface area (Å²) in [6, 6.07) is 2.10. The minimum absolute atomic E-state index is 0.962. The van der Waals surface area contributed by atoms with Crippen LogP contribution in [0.25, 0.3) is 18.2 Å². The second-order valence-electron chi connectivity index (χ2n) is 2.98. The molecule has 0 unspecified atom stereocenters. The van der Waals surface area contributed by atoms with Gasteiger partial charge in [0, 0.05) is 11.4 Å². The molecule has 64 valence electrons. The zero-order valence-corrected chi connectivity index (χ0v) is 7.40. The molecule has 1 aliphatic carbocycles. The fraction of sp³-hybridized carbons (Fsp3) is 0.0833. The van der Waals surface area contributed by atoms with Gasteiger partial charge in [0.2, 0.25) is 0 Å². The van der Waals surface area contributed by atoms with Gasteiger partial charge in [-0.25, -0.2) is 0 Å². The Balaban J connectivity index is 2.74. The van der Waals surface area contributed by atoms with E-state index in [0.717, 1.165) is 17.3 Å². The van der Waals surface area contributed by atoms with Crippen LogP contribution in [0.4, 0.5) is 0 Å². The van der Waals surface area contributed by atoms with Crippen LogP contribution in [-0.4, -0.2) is 4.98 Å². The van der Waals surface area contributed by atoms with Gasteiger partial charge in [-0.3, -0.25) is 4.98 Å². The van der Waals surface area contributed by atoms with E-state index in [1.54, 1.807) is 0 Å². The standard InChI is InChI=1S/C12H11N/c1-2-10-8-11-6-4-3-5-7-12(11)13-9-10/h2-4,6-9H,1,5H2. The molecule has 0 saturated carbocycles. The van der Waals surface area contributed by atoms with Crippen molar-refractivity contribution in [2.75, 3.05) is 0 Å². The van der Waals surface area contributed by atoms with Gasteiger partial charge < -0.3 is 0 Å². The lowest BCUT2D eigenvalue weighted by Gasteiger charge is -1.92. The number of allylic oxidation sites excluding steroid dienone is 2. The quantitative estimate of drug-likeness (QED) is 0.616. The second-order valence-corrected chi connectivity index (χ2v) is 2.98. The number of aromatic nitrogens is 1. The van der Waals surface area contributed by atoms with Crippen LogP contribution in [-0.2, 0) is 0 Å². The maximum Gasteiger partial charge on any atom is 0.0665 e. The highest BCUT2D eigenvalue weighted by Crippen LogP contribution is 1.93. The molecule has 0 N–H and O–H groups in total. The molecule has 2 rings (SSSR count). The highest BCUT2D eigenvalue weighted by atomic mass is 14.6. The van der Waals surface area contributed by atoms with E-state index < -0.39 is 0 Å². The predicted molar refractivity (Wildman–Crippen MR) is 56.3 cm³/mol. The Bertz CT molecular complexity index is 466. The van der Waals surface area contributed by atoms with E-state index >= 15 is 0 Å². The van der Waals surface area contributed by atoms with E-state index in [1.165, 1.54) is 5.22 Å². The maximum absolute atomic E-state index is 4.35. The summed E-state index contributed by atoms with van der Waals surface area (Å²) in [7, 11) is 0. The molecule has 0 radical (unpaired) electrons. The second kappa shape index (κ2) is 3.40. The fourth-order valence-electron chi connectivity index (χ4n) is 1.36. The molecule has 0 saturated heterocycles. The van der Waals surface area contributed by atoms with E-state index in [0.29, 0.717) is 0 Å². The molecule has 1 aliphatic rings. The van der Waals surface area contributed by atoms with Gasteiger partial charge in [0.25, 0.3) is 0 Å². The number of fused-ring (bicyclic) bond motifs is 1. The highest BCUT2D eigenvalue weighted by Gasteiger charge is 1.90. The van der Waals surface area contributed by atoms with Crippen LogP contribution in [0.2, 0.25) is 0 Å². The first-order valence-electron chi connectivity index (χ1n) is 4.36. The first-order valence-corrected chi connectivity index (χ1v) is 4.36. The minimum Gasteiger partial charge on any atom is -0.256 e. The van der Waals surface area contributed by atoms with E-state index in [1.807, 2.05) is 12.3 Å². The number of pyridine rings is 1.